The molecule has 0 bridgehead atoms. The highest BCUT2D eigenvalue weighted by Crippen LogP contribution is 2.30. The normalized spacial score (nSPS) is 20.3. The number of aromatic amines is 1. The first-order valence-corrected chi connectivity index (χ1v) is 9.51. The van der Waals surface area contributed by atoms with Crippen LogP contribution < -0.4 is 9.64 Å². The second kappa shape index (κ2) is 8.32. The lowest BCUT2D eigenvalue weighted by molar-refractivity contribution is 0.0217. The molecule has 2 aromatic heterocycles. The second-order valence-electron chi connectivity index (χ2n) is 7.17. The van der Waals surface area contributed by atoms with E-state index in [1.54, 1.807) is 14.2 Å². The molecule has 1 aliphatic heterocycles. The topological polar surface area (TPSA) is 106 Å². The van der Waals surface area contributed by atoms with Crippen LogP contribution in [-0.2, 0) is 9.47 Å². The van der Waals surface area contributed by atoms with Crippen molar-refractivity contribution in [2.24, 2.45) is 0 Å². The molecule has 4 rings (SSSR count). The van der Waals surface area contributed by atoms with Gasteiger partial charge in [-0.2, -0.15) is 5.10 Å². The van der Waals surface area contributed by atoms with Gasteiger partial charge in [-0.25, -0.2) is 9.97 Å². The van der Waals surface area contributed by atoms with Gasteiger partial charge in [0.25, 0.3) is 0 Å². The fraction of sp³-hybridized carbons (Fsp3) is 0.450. The second-order valence-corrected chi connectivity index (χ2v) is 7.17. The Morgan fingerprint density at radius 1 is 1.24 bits per heavy atom. The molecule has 1 saturated heterocycles. The van der Waals surface area contributed by atoms with Gasteiger partial charge >= 0.3 is 0 Å². The van der Waals surface area contributed by atoms with Crippen molar-refractivity contribution >= 4 is 16.7 Å². The highest BCUT2D eigenvalue weighted by molar-refractivity contribution is 5.93. The van der Waals surface area contributed by atoms with E-state index in [9.17, 15) is 5.11 Å². The van der Waals surface area contributed by atoms with Gasteiger partial charge in [0.05, 0.1) is 23.9 Å². The van der Waals surface area contributed by atoms with E-state index in [1.165, 1.54) is 6.33 Å². The molecular formula is C20H25N5O4. The zero-order valence-corrected chi connectivity index (χ0v) is 16.7. The number of nitrogens with one attached hydrogen (secondary N) is 1. The predicted octanol–water partition coefficient (Wildman–Crippen LogP) is 1.63. The standard InChI is InChI=1S/C20H25N5O4/c1-12(10-27-2)29-13-4-5-15-14(6-13)20(24-23-15)16-7-19(22-11-21-16)25-8-17(26)18(9-25)28-3/h4-7,11-12,17-18,26H,8-10H2,1-3H3,(H,23,24)/t12-,17-,18-/m0/s1. The Morgan fingerprint density at radius 2 is 2.10 bits per heavy atom. The van der Waals surface area contributed by atoms with Crippen molar-refractivity contribution in [2.45, 2.75) is 25.2 Å². The first kappa shape index (κ1) is 19.6. The Kier molecular flexibility index (Phi) is 5.61. The first-order chi connectivity index (χ1) is 14.1. The number of nitrogens with zero attached hydrogens (tertiary/aromatic N) is 4. The number of aliphatic hydroxyl groups is 1. The van der Waals surface area contributed by atoms with E-state index in [2.05, 4.69) is 20.2 Å². The van der Waals surface area contributed by atoms with Crippen molar-refractivity contribution in [2.75, 3.05) is 38.8 Å². The van der Waals surface area contributed by atoms with Gasteiger partial charge in [0.1, 0.15) is 35.8 Å². The Morgan fingerprint density at radius 3 is 2.86 bits per heavy atom. The quantitative estimate of drug-likeness (QED) is 0.618. The van der Waals surface area contributed by atoms with E-state index < -0.39 is 6.10 Å². The van der Waals surface area contributed by atoms with Gasteiger partial charge in [0.15, 0.2) is 0 Å². The average molecular weight is 399 g/mol. The zero-order valence-electron chi connectivity index (χ0n) is 16.7. The summed E-state index contributed by atoms with van der Waals surface area (Å²) in [4.78, 5) is 10.8. The third-order valence-corrected chi connectivity index (χ3v) is 5.03. The highest BCUT2D eigenvalue weighted by atomic mass is 16.5. The van der Waals surface area contributed by atoms with E-state index in [1.807, 2.05) is 36.1 Å². The van der Waals surface area contributed by atoms with E-state index in [0.717, 1.165) is 28.2 Å². The maximum atomic E-state index is 10.1. The largest absolute Gasteiger partial charge is 0.488 e. The maximum Gasteiger partial charge on any atom is 0.132 e. The highest BCUT2D eigenvalue weighted by Gasteiger charge is 2.32. The molecular weight excluding hydrogens is 374 g/mol. The lowest BCUT2D eigenvalue weighted by Gasteiger charge is -2.16. The van der Waals surface area contributed by atoms with Crippen molar-refractivity contribution in [3.63, 3.8) is 0 Å². The van der Waals surface area contributed by atoms with Gasteiger partial charge in [0.2, 0.25) is 0 Å². The molecule has 1 aliphatic rings. The molecule has 9 heteroatoms. The van der Waals surface area contributed by atoms with Crippen LogP contribution in [0.5, 0.6) is 5.75 Å². The summed E-state index contributed by atoms with van der Waals surface area (Å²) in [6.07, 6.45) is 0.680. The summed E-state index contributed by atoms with van der Waals surface area (Å²) in [5.41, 5.74) is 2.30. The Hall–Kier alpha value is -2.75. The van der Waals surface area contributed by atoms with E-state index in [4.69, 9.17) is 14.2 Å². The van der Waals surface area contributed by atoms with Gasteiger partial charge in [-0.05, 0) is 25.1 Å². The Balaban J connectivity index is 1.63. The molecule has 3 aromatic rings. The number of aliphatic hydroxyl groups excluding tert-OH is 1. The van der Waals surface area contributed by atoms with Crippen LogP contribution in [0.1, 0.15) is 6.92 Å². The number of fused-ring (bicyclic) bond motifs is 1. The molecule has 0 amide bonds. The molecule has 3 atom stereocenters. The van der Waals surface area contributed by atoms with Gasteiger partial charge < -0.3 is 24.2 Å². The molecule has 2 N–H and O–H groups in total. The Bertz CT molecular complexity index is 978. The molecule has 1 aromatic carbocycles. The number of β-amino-alcohol motifs (C(OH)–C–C–N with tert-alkyl or cyclic N) is 1. The third-order valence-electron chi connectivity index (χ3n) is 5.03. The number of benzene rings is 1. The molecule has 0 radical (unpaired) electrons. The van der Waals surface area contributed by atoms with Crippen LogP contribution in [0.25, 0.3) is 22.3 Å². The third kappa shape index (κ3) is 4.02. The molecule has 154 valence electrons. The van der Waals surface area contributed by atoms with Crippen molar-refractivity contribution in [3.05, 3.63) is 30.6 Å². The lowest BCUT2D eigenvalue weighted by Crippen LogP contribution is -2.25. The molecule has 29 heavy (non-hydrogen) atoms. The van der Waals surface area contributed by atoms with Gasteiger partial charge in [0, 0.05) is 38.8 Å². The Labute approximate surface area is 168 Å². The summed E-state index contributed by atoms with van der Waals surface area (Å²) < 4.78 is 16.4. The molecule has 0 spiro atoms. The van der Waals surface area contributed by atoms with E-state index in [-0.39, 0.29) is 12.2 Å². The summed E-state index contributed by atoms with van der Waals surface area (Å²) >= 11 is 0. The minimum absolute atomic E-state index is 0.0613. The van der Waals surface area contributed by atoms with Crippen LogP contribution in [0.3, 0.4) is 0 Å². The van der Waals surface area contributed by atoms with Crippen molar-refractivity contribution < 1.29 is 19.3 Å². The predicted molar refractivity (Wildman–Crippen MR) is 108 cm³/mol. The van der Waals surface area contributed by atoms with Gasteiger partial charge in [-0.3, -0.25) is 5.10 Å². The number of anilines is 1. The van der Waals surface area contributed by atoms with Gasteiger partial charge in [-0.1, -0.05) is 0 Å². The SMILES string of the molecule is COC[C@H](C)Oc1ccc2[nH]nc(-c3cc(N4C[C@H](OC)[C@@H](O)C4)ncn3)c2c1. The summed E-state index contributed by atoms with van der Waals surface area (Å²) in [7, 11) is 3.25. The first-order valence-electron chi connectivity index (χ1n) is 9.51. The fourth-order valence-electron chi connectivity index (χ4n) is 3.59. The maximum absolute atomic E-state index is 10.1. The number of rotatable bonds is 7. The number of H-pyrrole nitrogens is 1. The van der Waals surface area contributed by atoms with Crippen LogP contribution in [0.15, 0.2) is 30.6 Å². The molecule has 0 unspecified atom stereocenters. The number of hydrogen-bond donors (Lipinski definition) is 2. The summed E-state index contributed by atoms with van der Waals surface area (Å²) in [6.45, 7) is 3.50. The molecule has 1 fully saturated rings. The molecule has 0 saturated carbocycles. The number of ether oxygens (including phenoxy) is 3. The summed E-state index contributed by atoms with van der Waals surface area (Å²) in [5, 5.41) is 18.5. The minimum atomic E-state index is -0.543. The van der Waals surface area contributed by atoms with Crippen LogP contribution in [0.2, 0.25) is 0 Å². The zero-order chi connectivity index (χ0) is 20.4. The van der Waals surface area contributed by atoms with Crippen LogP contribution in [0.4, 0.5) is 5.82 Å². The van der Waals surface area contributed by atoms with Crippen molar-refractivity contribution in [1.82, 2.24) is 20.2 Å². The molecule has 9 nitrogen and oxygen atoms in total. The summed E-state index contributed by atoms with van der Waals surface area (Å²) in [5.74, 6) is 1.47. The van der Waals surface area contributed by atoms with E-state index in [0.29, 0.717) is 25.4 Å². The van der Waals surface area contributed by atoms with Crippen LogP contribution in [-0.4, -0.2) is 77.5 Å². The van der Waals surface area contributed by atoms with Gasteiger partial charge in [-0.15, -0.1) is 0 Å². The monoisotopic (exact) mass is 399 g/mol. The fourth-order valence-corrected chi connectivity index (χ4v) is 3.59. The average Bonchev–Trinajstić information content (AvgIpc) is 3.31. The van der Waals surface area contributed by atoms with Crippen molar-refractivity contribution in [1.29, 1.82) is 0 Å². The van der Waals surface area contributed by atoms with E-state index >= 15 is 0 Å². The van der Waals surface area contributed by atoms with Crippen LogP contribution in [0, 0.1) is 0 Å². The smallest absolute Gasteiger partial charge is 0.132 e. The lowest BCUT2D eigenvalue weighted by atomic mass is 10.1. The summed E-state index contributed by atoms with van der Waals surface area (Å²) in [6, 6.07) is 7.66. The van der Waals surface area contributed by atoms with Crippen molar-refractivity contribution in [3.8, 4) is 17.1 Å². The minimum Gasteiger partial charge on any atom is -0.488 e. The molecule has 3 heterocycles. The number of aromatic nitrogens is 4. The van der Waals surface area contributed by atoms with Crippen LogP contribution >= 0.6 is 0 Å². The number of hydrogen-bond acceptors (Lipinski definition) is 8. The molecule has 0 aliphatic carbocycles. The number of methoxy groups -OCH3 is 2.